The molecule has 0 unspecified atom stereocenters. The van der Waals surface area contributed by atoms with Crippen molar-refractivity contribution in [3.05, 3.63) is 44.5 Å². The number of carbonyl (C=O) groups excluding carboxylic acids is 2. The van der Waals surface area contributed by atoms with Crippen LogP contribution in [0.2, 0.25) is 0 Å². The summed E-state index contributed by atoms with van der Waals surface area (Å²) in [5.74, 6) is -0.392. The third-order valence-electron chi connectivity index (χ3n) is 3.16. The zero-order chi connectivity index (χ0) is 17.5. The van der Waals surface area contributed by atoms with E-state index in [1.807, 2.05) is 0 Å². The molecule has 9 nitrogen and oxygen atoms in total. The minimum Gasteiger partial charge on any atom is -0.461 e. The van der Waals surface area contributed by atoms with Gasteiger partial charge in [0.15, 0.2) is 5.82 Å². The first-order valence-corrected chi connectivity index (χ1v) is 8.01. The van der Waals surface area contributed by atoms with Crippen molar-refractivity contribution >= 4 is 29.0 Å². The summed E-state index contributed by atoms with van der Waals surface area (Å²) in [6, 6.07) is 3.46. The van der Waals surface area contributed by atoms with Gasteiger partial charge >= 0.3 is 11.8 Å². The Morgan fingerprint density at radius 1 is 1.50 bits per heavy atom. The monoisotopic (exact) mass is 352 g/mol. The van der Waals surface area contributed by atoms with E-state index in [1.54, 1.807) is 24.4 Å². The van der Waals surface area contributed by atoms with Gasteiger partial charge in [-0.25, -0.2) is 9.55 Å². The largest absolute Gasteiger partial charge is 0.461 e. The van der Waals surface area contributed by atoms with Gasteiger partial charge in [-0.2, -0.15) is 0 Å². The molecule has 0 fully saturated rings. The van der Waals surface area contributed by atoms with Crippen molar-refractivity contribution in [3.63, 3.8) is 0 Å². The first kappa shape index (κ1) is 17.6. The minimum absolute atomic E-state index is 0.00422. The van der Waals surface area contributed by atoms with Crippen LogP contribution in [-0.4, -0.2) is 39.5 Å². The number of hydrogen-bond acceptors (Lipinski definition) is 7. The molecule has 2 rings (SSSR count). The number of ether oxygens (including phenoxy) is 1. The Bertz CT molecular complexity index is 726. The number of aryl methyl sites for hydroxylation is 1. The number of thiophene rings is 1. The van der Waals surface area contributed by atoms with Gasteiger partial charge in [-0.3, -0.25) is 9.59 Å². The van der Waals surface area contributed by atoms with Gasteiger partial charge in [0, 0.05) is 13.5 Å². The predicted molar refractivity (Wildman–Crippen MR) is 85.8 cm³/mol. The second-order valence-corrected chi connectivity index (χ2v) is 5.72. The van der Waals surface area contributed by atoms with Gasteiger partial charge in [-0.05, 0) is 16.4 Å². The molecule has 0 aliphatic rings. The Labute approximate surface area is 141 Å². The smallest absolute Gasteiger partial charge is 0.342 e. The highest BCUT2D eigenvalue weighted by molar-refractivity contribution is 7.12. The van der Waals surface area contributed by atoms with Crippen molar-refractivity contribution in [2.24, 2.45) is 0 Å². The van der Waals surface area contributed by atoms with E-state index < -0.39 is 10.9 Å². The fraction of sp³-hybridized carbons (Fsp3) is 0.357. The first-order chi connectivity index (χ1) is 11.5. The summed E-state index contributed by atoms with van der Waals surface area (Å²) >= 11 is 1.32. The molecule has 0 aliphatic heterocycles. The molecule has 1 amide bonds. The summed E-state index contributed by atoms with van der Waals surface area (Å²) in [5.41, 5.74) is 0. The van der Waals surface area contributed by atoms with Gasteiger partial charge in [0.1, 0.15) is 19.3 Å². The molecule has 2 heterocycles. The maximum atomic E-state index is 11.7. The molecule has 0 atom stereocenters. The van der Waals surface area contributed by atoms with Gasteiger partial charge in [0.05, 0.1) is 11.3 Å². The Balaban J connectivity index is 1.69. The van der Waals surface area contributed by atoms with Crippen molar-refractivity contribution in [2.45, 2.75) is 19.9 Å². The molecule has 0 saturated heterocycles. The molecule has 2 aromatic heterocycles. The van der Waals surface area contributed by atoms with Crippen molar-refractivity contribution in [2.75, 3.05) is 13.2 Å². The second kappa shape index (κ2) is 8.20. The summed E-state index contributed by atoms with van der Waals surface area (Å²) in [5, 5.41) is 15.2. The van der Waals surface area contributed by atoms with Crippen LogP contribution < -0.4 is 5.32 Å². The normalized spacial score (nSPS) is 10.4. The van der Waals surface area contributed by atoms with Crippen LogP contribution in [0.5, 0.6) is 0 Å². The third-order valence-corrected chi connectivity index (χ3v) is 4.03. The van der Waals surface area contributed by atoms with Crippen molar-refractivity contribution in [1.82, 2.24) is 14.9 Å². The average molecular weight is 352 g/mol. The molecule has 128 valence electrons. The van der Waals surface area contributed by atoms with Gasteiger partial charge in [0.2, 0.25) is 0 Å². The molecule has 0 spiro atoms. The molecule has 24 heavy (non-hydrogen) atoms. The van der Waals surface area contributed by atoms with Crippen molar-refractivity contribution in [3.8, 4) is 0 Å². The van der Waals surface area contributed by atoms with E-state index in [0.717, 1.165) is 6.20 Å². The standard InChI is InChI=1S/C14H16N4O5S/c1-10-16-9-12(18(21)22)17(10)6-7-23-13(19)4-5-15-14(20)11-3-2-8-24-11/h2-3,8-9H,4-7H2,1H3,(H,15,20). The topological polar surface area (TPSA) is 116 Å². The number of nitrogens with one attached hydrogen (secondary N) is 1. The maximum absolute atomic E-state index is 11.7. The van der Waals surface area contributed by atoms with Gasteiger partial charge < -0.3 is 20.2 Å². The number of amides is 1. The van der Waals surface area contributed by atoms with Crippen LogP contribution in [-0.2, 0) is 16.1 Å². The lowest BCUT2D eigenvalue weighted by molar-refractivity contribution is -0.392. The molecule has 0 aliphatic carbocycles. The second-order valence-electron chi connectivity index (χ2n) is 4.78. The SMILES string of the molecule is Cc1ncc([N+](=O)[O-])n1CCOC(=O)CCNC(=O)c1cccs1. The van der Waals surface area contributed by atoms with Gasteiger partial charge in [-0.15, -0.1) is 11.3 Å². The minimum atomic E-state index is -0.540. The number of imidazole rings is 1. The van der Waals surface area contributed by atoms with Crippen LogP contribution in [0.1, 0.15) is 21.9 Å². The van der Waals surface area contributed by atoms with E-state index in [-0.39, 0.29) is 37.8 Å². The van der Waals surface area contributed by atoms with Crippen LogP contribution in [0.3, 0.4) is 0 Å². The Morgan fingerprint density at radius 2 is 2.29 bits per heavy atom. The molecule has 0 radical (unpaired) electrons. The van der Waals surface area contributed by atoms with E-state index in [2.05, 4.69) is 10.3 Å². The molecule has 2 aromatic rings. The van der Waals surface area contributed by atoms with E-state index in [1.165, 1.54) is 15.9 Å². The summed E-state index contributed by atoms with van der Waals surface area (Å²) < 4.78 is 6.39. The van der Waals surface area contributed by atoms with Crippen LogP contribution in [0.15, 0.2) is 23.7 Å². The zero-order valence-electron chi connectivity index (χ0n) is 12.9. The lowest BCUT2D eigenvalue weighted by Crippen LogP contribution is -2.26. The van der Waals surface area contributed by atoms with Gasteiger partial charge in [0.25, 0.3) is 5.91 Å². The van der Waals surface area contributed by atoms with Crippen LogP contribution in [0.25, 0.3) is 0 Å². The lowest BCUT2D eigenvalue weighted by Gasteiger charge is -2.06. The molecular formula is C14H16N4O5S. The number of nitrogens with zero attached hydrogens (tertiary/aromatic N) is 3. The number of nitro groups is 1. The number of esters is 1. The number of aromatic nitrogens is 2. The number of carbonyl (C=O) groups is 2. The van der Waals surface area contributed by atoms with E-state index in [0.29, 0.717) is 10.7 Å². The highest BCUT2D eigenvalue weighted by Gasteiger charge is 2.17. The maximum Gasteiger partial charge on any atom is 0.342 e. The quantitative estimate of drug-likeness (QED) is 0.437. The first-order valence-electron chi connectivity index (χ1n) is 7.13. The van der Waals surface area contributed by atoms with Gasteiger partial charge in [-0.1, -0.05) is 6.07 Å². The number of rotatable bonds is 8. The Kier molecular flexibility index (Phi) is 6.01. The third kappa shape index (κ3) is 4.62. The summed E-state index contributed by atoms with van der Waals surface area (Å²) in [7, 11) is 0. The highest BCUT2D eigenvalue weighted by Crippen LogP contribution is 2.13. The molecule has 1 N–H and O–H groups in total. The summed E-state index contributed by atoms with van der Waals surface area (Å²) in [6.45, 7) is 1.94. The molecule has 0 bridgehead atoms. The zero-order valence-corrected chi connectivity index (χ0v) is 13.7. The van der Waals surface area contributed by atoms with Crippen molar-refractivity contribution in [1.29, 1.82) is 0 Å². The number of hydrogen-bond donors (Lipinski definition) is 1. The van der Waals surface area contributed by atoms with Crippen LogP contribution >= 0.6 is 11.3 Å². The Morgan fingerprint density at radius 3 is 2.96 bits per heavy atom. The predicted octanol–water partition coefficient (Wildman–Crippen LogP) is 1.52. The Hall–Kier alpha value is -2.75. The molecule has 0 saturated carbocycles. The fourth-order valence-electron chi connectivity index (χ4n) is 1.97. The van der Waals surface area contributed by atoms with Crippen LogP contribution in [0, 0.1) is 17.0 Å². The summed E-state index contributed by atoms with van der Waals surface area (Å²) in [6.07, 6.45) is 1.19. The molecule has 0 aromatic carbocycles. The molecular weight excluding hydrogens is 336 g/mol. The molecule has 10 heteroatoms. The van der Waals surface area contributed by atoms with E-state index in [4.69, 9.17) is 4.74 Å². The van der Waals surface area contributed by atoms with E-state index >= 15 is 0 Å². The van der Waals surface area contributed by atoms with Crippen LogP contribution in [0.4, 0.5) is 5.82 Å². The summed E-state index contributed by atoms with van der Waals surface area (Å²) in [4.78, 5) is 38.0. The highest BCUT2D eigenvalue weighted by atomic mass is 32.1. The van der Waals surface area contributed by atoms with E-state index in [9.17, 15) is 19.7 Å². The fourth-order valence-corrected chi connectivity index (χ4v) is 2.61. The lowest BCUT2D eigenvalue weighted by atomic mass is 10.4. The van der Waals surface area contributed by atoms with Crippen molar-refractivity contribution < 1.29 is 19.2 Å². The average Bonchev–Trinajstić information content (AvgIpc) is 3.18.